The molecule has 0 aliphatic heterocycles. The summed E-state index contributed by atoms with van der Waals surface area (Å²) in [5, 5.41) is 3.34. The Hall–Kier alpha value is -1.75. The minimum absolute atomic E-state index is 0.345. The first kappa shape index (κ1) is 15.6. The molecule has 0 radical (unpaired) electrons. The summed E-state index contributed by atoms with van der Waals surface area (Å²) in [5.41, 5.74) is 4.72. The standard InChI is InChI=1S/C16H22N2O2S/c1-5-18-12(2)10-14(13(18)3)11-17-15-6-8-16(9-7-15)21(4,19)20/h6-10,17H,5,11H2,1-4H3. The first-order valence-electron chi connectivity index (χ1n) is 7.02. The third kappa shape index (κ3) is 3.47. The maximum atomic E-state index is 11.4. The Bertz CT molecular complexity index is 728. The summed E-state index contributed by atoms with van der Waals surface area (Å²) < 4.78 is 25.1. The summed E-state index contributed by atoms with van der Waals surface area (Å²) in [6, 6.07) is 9.06. The van der Waals surface area contributed by atoms with Gasteiger partial charge in [0.15, 0.2) is 9.84 Å². The second-order valence-corrected chi connectivity index (χ2v) is 7.31. The van der Waals surface area contributed by atoms with Crippen LogP contribution in [0.5, 0.6) is 0 Å². The molecule has 0 saturated carbocycles. The fourth-order valence-electron chi connectivity index (χ4n) is 2.56. The molecule has 0 bridgehead atoms. The van der Waals surface area contributed by atoms with E-state index in [0.29, 0.717) is 4.90 Å². The van der Waals surface area contributed by atoms with Crippen molar-refractivity contribution in [1.29, 1.82) is 0 Å². The molecule has 1 heterocycles. The van der Waals surface area contributed by atoms with Crippen molar-refractivity contribution < 1.29 is 8.42 Å². The van der Waals surface area contributed by atoms with E-state index in [1.165, 1.54) is 23.2 Å². The Kier molecular flexibility index (Phi) is 4.42. The average Bonchev–Trinajstić information content (AvgIpc) is 2.70. The summed E-state index contributed by atoms with van der Waals surface area (Å²) in [6.45, 7) is 8.08. The number of hydrogen-bond donors (Lipinski definition) is 1. The third-order valence-electron chi connectivity index (χ3n) is 3.76. The van der Waals surface area contributed by atoms with Gasteiger partial charge in [0, 0.05) is 36.4 Å². The van der Waals surface area contributed by atoms with Crippen LogP contribution in [0.25, 0.3) is 0 Å². The zero-order valence-corrected chi connectivity index (χ0v) is 13.8. The van der Waals surface area contributed by atoms with Gasteiger partial charge in [-0.3, -0.25) is 0 Å². The Morgan fingerprint density at radius 3 is 2.24 bits per heavy atom. The SMILES string of the molecule is CCn1c(C)cc(CNc2ccc(S(C)(=O)=O)cc2)c1C. The predicted octanol–water partition coefficient (Wildman–Crippen LogP) is 3.14. The Balaban J connectivity index is 2.10. The molecule has 0 spiro atoms. The van der Waals surface area contributed by atoms with E-state index in [0.717, 1.165) is 18.8 Å². The van der Waals surface area contributed by atoms with E-state index in [9.17, 15) is 8.42 Å². The minimum atomic E-state index is -3.13. The maximum Gasteiger partial charge on any atom is 0.175 e. The average molecular weight is 306 g/mol. The van der Waals surface area contributed by atoms with Crippen LogP contribution in [-0.2, 0) is 22.9 Å². The first-order chi connectivity index (χ1) is 9.82. The molecule has 0 unspecified atom stereocenters. The highest BCUT2D eigenvalue weighted by atomic mass is 32.2. The first-order valence-corrected chi connectivity index (χ1v) is 8.91. The van der Waals surface area contributed by atoms with E-state index in [-0.39, 0.29) is 0 Å². The van der Waals surface area contributed by atoms with Gasteiger partial charge < -0.3 is 9.88 Å². The van der Waals surface area contributed by atoms with Gasteiger partial charge in [0.05, 0.1) is 4.90 Å². The largest absolute Gasteiger partial charge is 0.381 e. The normalized spacial score (nSPS) is 11.6. The lowest BCUT2D eigenvalue weighted by Crippen LogP contribution is -2.03. The van der Waals surface area contributed by atoms with Crippen molar-refractivity contribution in [3.8, 4) is 0 Å². The number of rotatable bonds is 5. The second-order valence-electron chi connectivity index (χ2n) is 5.29. The molecule has 1 N–H and O–H groups in total. The third-order valence-corrected chi connectivity index (χ3v) is 4.89. The van der Waals surface area contributed by atoms with Crippen LogP contribution in [0.1, 0.15) is 23.9 Å². The quantitative estimate of drug-likeness (QED) is 0.923. The Morgan fingerprint density at radius 2 is 1.76 bits per heavy atom. The van der Waals surface area contributed by atoms with Gasteiger partial charge in [-0.1, -0.05) is 0 Å². The molecular formula is C16H22N2O2S. The van der Waals surface area contributed by atoms with Crippen LogP contribution in [0.4, 0.5) is 5.69 Å². The molecular weight excluding hydrogens is 284 g/mol. The van der Waals surface area contributed by atoms with Crippen molar-refractivity contribution in [3.63, 3.8) is 0 Å². The highest BCUT2D eigenvalue weighted by Gasteiger charge is 2.08. The monoisotopic (exact) mass is 306 g/mol. The molecule has 5 heteroatoms. The summed E-state index contributed by atoms with van der Waals surface area (Å²) in [4.78, 5) is 0.345. The van der Waals surface area contributed by atoms with Gasteiger partial charge in [0.2, 0.25) is 0 Å². The molecule has 0 aliphatic carbocycles. The van der Waals surface area contributed by atoms with Crippen LogP contribution in [0.2, 0.25) is 0 Å². The molecule has 2 aromatic rings. The number of nitrogens with zero attached hydrogens (tertiary/aromatic N) is 1. The van der Waals surface area contributed by atoms with Crippen molar-refractivity contribution in [1.82, 2.24) is 4.57 Å². The molecule has 2 rings (SSSR count). The molecule has 1 aromatic carbocycles. The molecule has 0 atom stereocenters. The van der Waals surface area contributed by atoms with Crippen LogP contribution in [0.15, 0.2) is 35.2 Å². The van der Waals surface area contributed by atoms with Crippen LogP contribution in [0.3, 0.4) is 0 Å². The van der Waals surface area contributed by atoms with Gasteiger partial charge in [-0.15, -0.1) is 0 Å². The van der Waals surface area contributed by atoms with Gasteiger partial charge in [-0.05, 0) is 56.7 Å². The van der Waals surface area contributed by atoms with Gasteiger partial charge in [0.25, 0.3) is 0 Å². The Morgan fingerprint density at radius 1 is 1.14 bits per heavy atom. The zero-order chi connectivity index (χ0) is 15.6. The van der Waals surface area contributed by atoms with Gasteiger partial charge in [0.1, 0.15) is 0 Å². The van der Waals surface area contributed by atoms with E-state index in [1.54, 1.807) is 24.3 Å². The van der Waals surface area contributed by atoms with E-state index < -0.39 is 9.84 Å². The number of hydrogen-bond acceptors (Lipinski definition) is 3. The highest BCUT2D eigenvalue weighted by molar-refractivity contribution is 7.90. The van der Waals surface area contributed by atoms with Crippen molar-refractivity contribution in [3.05, 3.63) is 47.3 Å². The fourth-order valence-corrected chi connectivity index (χ4v) is 3.19. The summed E-state index contributed by atoms with van der Waals surface area (Å²) in [7, 11) is -3.13. The van der Waals surface area contributed by atoms with Crippen molar-refractivity contribution in [2.45, 2.75) is 38.8 Å². The van der Waals surface area contributed by atoms with Crippen LogP contribution in [-0.4, -0.2) is 19.2 Å². The predicted molar refractivity (Wildman–Crippen MR) is 86.5 cm³/mol. The maximum absolute atomic E-state index is 11.4. The number of sulfone groups is 1. The second kappa shape index (κ2) is 5.93. The molecule has 0 saturated heterocycles. The lowest BCUT2D eigenvalue weighted by Gasteiger charge is -2.08. The molecule has 0 aliphatic rings. The summed E-state index contributed by atoms with van der Waals surface area (Å²) in [6.07, 6.45) is 1.22. The zero-order valence-electron chi connectivity index (χ0n) is 13.0. The van der Waals surface area contributed by atoms with Crippen LogP contribution < -0.4 is 5.32 Å². The summed E-state index contributed by atoms with van der Waals surface area (Å²) in [5.74, 6) is 0. The number of nitrogens with one attached hydrogen (secondary N) is 1. The van der Waals surface area contributed by atoms with Crippen LogP contribution >= 0.6 is 0 Å². The number of aryl methyl sites for hydroxylation is 1. The van der Waals surface area contributed by atoms with Gasteiger partial charge in [-0.2, -0.15) is 0 Å². The molecule has 114 valence electrons. The highest BCUT2D eigenvalue weighted by Crippen LogP contribution is 2.18. The van der Waals surface area contributed by atoms with E-state index >= 15 is 0 Å². The minimum Gasteiger partial charge on any atom is -0.381 e. The Labute approximate surface area is 126 Å². The van der Waals surface area contributed by atoms with E-state index in [4.69, 9.17) is 0 Å². The molecule has 4 nitrogen and oxygen atoms in total. The fraction of sp³-hybridized carbons (Fsp3) is 0.375. The van der Waals surface area contributed by atoms with E-state index in [2.05, 4.69) is 36.7 Å². The van der Waals surface area contributed by atoms with Crippen LogP contribution in [0, 0.1) is 13.8 Å². The molecule has 0 amide bonds. The topological polar surface area (TPSA) is 51.1 Å². The van der Waals surface area contributed by atoms with Crippen molar-refractivity contribution in [2.24, 2.45) is 0 Å². The van der Waals surface area contributed by atoms with E-state index in [1.807, 2.05) is 0 Å². The smallest absolute Gasteiger partial charge is 0.175 e. The lowest BCUT2D eigenvalue weighted by atomic mass is 10.2. The lowest BCUT2D eigenvalue weighted by molar-refractivity contribution is 0.602. The molecule has 21 heavy (non-hydrogen) atoms. The number of anilines is 1. The number of aromatic nitrogens is 1. The van der Waals surface area contributed by atoms with Crippen molar-refractivity contribution >= 4 is 15.5 Å². The molecule has 0 fully saturated rings. The van der Waals surface area contributed by atoms with Gasteiger partial charge >= 0.3 is 0 Å². The van der Waals surface area contributed by atoms with Gasteiger partial charge in [-0.25, -0.2) is 8.42 Å². The molecule has 1 aromatic heterocycles. The summed E-state index contributed by atoms with van der Waals surface area (Å²) >= 11 is 0. The van der Waals surface area contributed by atoms with Crippen molar-refractivity contribution in [2.75, 3.05) is 11.6 Å². The number of benzene rings is 1.